The molecule has 0 radical (unpaired) electrons. The van der Waals surface area contributed by atoms with E-state index >= 15 is 0 Å². The lowest BCUT2D eigenvalue weighted by Crippen LogP contribution is -2.44. The number of hydrogen-bond donors (Lipinski definition) is 0. The summed E-state index contributed by atoms with van der Waals surface area (Å²) in [5.74, 6) is -0.223. The Bertz CT molecular complexity index is 693. The highest BCUT2D eigenvalue weighted by atomic mass is 79.9. The number of nitrogens with zero attached hydrogens (tertiary/aromatic N) is 2. The standard InChI is InChI=1S/C17H27BrN2O4/c1-6-11(3)20-16(22)15(18)13(5)19(17(20)23)12(4)9-8-10-14(21)24-7-2/h11-12H,6-10H2,1-5H3. The van der Waals surface area contributed by atoms with Crippen LogP contribution in [0.25, 0.3) is 0 Å². The third kappa shape index (κ3) is 4.59. The van der Waals surface area contributed by atoms with Crippen LogP contribution >= 0.6 is 15.9 Å². The predicted molar refractivity (Wildman–Crippen MR) is 97.6 cm³/mol. The molecule has 0 aliphatic rings. The SMILES string of the molecule is CCOC(=O)CCCC(C)n1c(C)c(Br)c(=O)n(C(C)CC)c1=O. The molecule has 7 heteroatoms. The van der Waals surface area contributed by atoms with Crippen LogP contribution < -0.4 is 11.2 Å². The molecule has 0 saturated heterocycles. The van der Waals surface area contributed by atoms with Gasteiger partial charge in [0.15, 0.2) is 0 Å². The van der Waals surface area contributed by atoms with Gasteiger partial charge in [-0.2, -0.15) is 0 Å². The van der Waals surface area contributed by atoms with Gasteiger partial charge < -0.3 is 4.74 Å². The van der Waals surface area contributed by atoms with Gasteiger partial charge in [0.2, 0.25) is 0 Å². The summed E-state index contributed by atoms with van der Waals surface area (Å²) in [6, 6.07) is -0.279. The summed E-state index contributed by atoms with van der Waals surface area (Å²) in [4.78, 5) is 36.7. The zero-order chi connectivity index (χ0) is 18.4. The van der Waals surface area contributed by atoms with E-state index in [4.69, 9.17) is 4.74 Å². The predicted octanol–water partition coefficient (Wildman–Crippen LogP) is 3.35. The Hall–Kier alpha value is -1.37. The van der Waals surface area contributed by atoms with Gasteiger partial charge in [-0.1, -0.05) is 6.92 Å². The summed E-state index contributed by atoms with van der Waals surface area (Å²) in [7, 11) is 0. The first-order valence-electron chi connectivity index (χ1n) is 8.44. The highest BCUT2D eigenvalue weighted by Gasteiger charge is 2.20. The lowest BCUT2D eigenvalue weighted by atomic mass is 10.1. The quantitative estimate of drug-likeness (QED) is 0.625. The van der Waals surface area contributed by atoms with Crippen LogP contribution in [-0.2, 0) is 9.53 Å². The van der Waals surface area contributed by atoms with Crippen LogP contribution in [0.4, 0.5) is 0 Å². The van der Waals surface area contributed by atoms with Crippen LogP contribution in [0.1, 0.15) is 71.2 Å². The largest absolute Gasteiger partial charge is 0.466 e. The smallest absolute Gasteiger partial charge is 0.331 e. The van der Waals surface area contributed by atoms with Gasteiger partial charge in [0.1, 0.15) is 4.47 Å². The highest BCUT2D eigenvalue weighted by Crippen LogP contribution is 2.19. The van der Waals surface area contributed by atoms with Crippen LogP contribution in [0, 0.1) is 6.92 Å². The second-order valence-electron chi connectivity index (χ2n) is 6.03. The number of halogens is 1. The Labute approximate surface area is 151 Å². The van der Waals surface area contributed by atoms with Gasteiger partial charge >= 0.3 is 11.7 Å². The van der Waals surface area contributed by atoms with Crippen LogP contribution in [-0.4, -0.2) is 21.7 Å². The molecule has 2 atom stereocenters. The van der Waals surface area contributed by atoms with Gasteiger partial charge in [-0.3, -0.25) is 18.7 Å². The van der Waals surface area contributed by atoms with Gasteiger partial charge in [-0.05, 0) is 62.9 Å². The number of esters is 1. The van der Waals surface area contributed by atoms with Crippen molar-refractivity contribution in [3.8, 4) is 0 Å². The Morgan fingerprint density at radius 2 is 1.79 bits per heavy atom. The Kier molecular flexibility index (Phi) is 7.93. The van der Waals surface area contributed by atoms with E-state index in [1.54, 1.807) is 18.4 Å². The zero-order valence-corrected chi connectivity index (χ0v) is 16.7. The molecule has 0 aliphatic heterocycles. The maximum atomic E-state index is 12.8. The third-order valence-electron chi connectivity index (χ3n) is 4.28. The third-order valence-corrected chi connectivity index (χ3v) is 5.19. The van der Waals surface area contributed by atoms with E-state index in [-0.39, 0.29) is 29.3 Å². The average molecular weight is 403 g/mol. The molecule has 0 aromatic carbocycles. The van der Waals surface area contributed by atoms with Gasteiger partial charge in [-0.15, -0.1) is 0 Å². The summed E-state index contributed by atoms with van der Waals surface area (Å²) in [6.07, 6.45) is 2.32. The highest BCUT2D eigenvalue weighted by molar-refractivity contribution is 9.10. The molecule has 1 aromatic heterocycles. The first kappa shape index (κ1) is 20.7. The zero-order valence-electron chi connectivity index (χ0n) is 15.1. The molecule has 0 fully saturated rings. The van der Waals surface area contributed by atoms with Crippen LogP contribution in [0.15, 0.2) is 14.1 Å². The van der Waals surface area contributed by atoms with Crippen molar-refractivity contribution >= 4 is 21.9 Å². The molecule has 1 heterocycles. The van der Waals surface area contributed by atoms with E-state index < -0.39 is 0 Å². The van der Waals surface area contributed by atoms with Gasteiger partial charge in [-0.25, -0.2) is 4.79 Å². The van der Waals surface area contributed by atoms with Crippen molar-refractivity contribution in [3.63, 3.8) is 0 Å². The summed E-state index contributed by atoms with van der Waals surface area (Å²) >= 11 is 3.33. The lowest BCUT2D eigenvalue weighted by molar-refractivity contribution is -0.143. The van der Waals surface area contributed by atoms with Crippen molar-refractivity contribution in [1.29, 1.82) is 0 Å². The fourth-order valence-corrected chi connectivity index (χ4v) is 3.09. The van der Waals surface area contributed by atoms with Gasteiger partial charge in [0.25, 0.3) is 5.56 Å². The molecule has 0 N–H and O–H groups in total. The van der Waals surface area contributed by atoms with Crippen molar-refractivity contribution in [1.82, 2.24) is 9.13 Å². The Balaban J connectivity index is 3.10. The molecule has 136 valence electrons. The average Bonchev–Trinajstić information content (AvgIpc) is 2.53. The normalized spacial score (nSPS) is 13.6. The number of aromatic nitrogens is 2. The molecule has 0 spiro atoms. The monoisotopic (exact) mass is 402 g/mol. The van der Waals surface area contributed by atoms with Crippen LogP contribution in [0.3, 0.4) is 0 Å². The van der Waals surface area contributed by atoms with Gasteiger partial charge in [0, 0.05) is 24.2 Å². The number of rotatable bonds is 8. The maximum Gasteiger partial charge on any atom is 0.331 e. The van der Waals surface area contributed by atoms with Crippen molar-refractivity contribution in [3.05, 3.63) is 31.0 Å². The van der Waals surface area contributed by atoms with Crippen molar-refractivity contribution in [2.24, 2.45) is 0 Å². The number of carbonyl (C=O) groups is 1. The van der Waals surface area contributed by atoms with E-state index in [1.807, 2.05) is 20.8 Å². The molecule has 24 heavy (non-hydrogen) atoms. The fourth-order valence-electron chi connectivity index (χ4n) is 2.71. The van der Waals surface area contributed by atoms with Crippen molar-refractivity contribution in [2.75, 3.05) is 6.61 Å². The molecule has 1 aromatic rings. The first-order chi connectivity index (χ1) is 11.3. The minimum atomic E-state index is -0.293. The van der Waals surface area contributed by atoms with Crippen LogP contribution in [0.2, 0.25) is 0 Å². The van der Waals surface area contributed by atoms with E-state index in [2.05, 4.69) is 15.9 Å². The number of ether oxygens (including phenoxy) is 1. The molecular formula is C17H27BrN2O4. The van der Waals surface area contributed by atoms with Crippen molar-refractivity contribution < 1.29 is 9.53 Å². The van der Waals surface area contributed by atoms with E-state index in [0.29, 0.717) is 42.5 Å². The summed E-state index contributed by atoms with van der Waals surface area (Å²) in [5.41, 5.74) is 0.0358. The van der Waals surface area contributed by atoms with Crippen LogP contribution in [0.5, 0.6) is 0 Å². The minimum absolute atomic E-state index is 0.112. The fraction of sp³-hybridized carbons (Fsp3) is 0.706. The molecule has 2 unspecified atom stereocenters. The molecule has 0 aliphatic carbocycles. The first-order valence-corrected chi connectivity index (χ1v) is 9.24. The number of hydrogen-bond acceptors (Lipinski definition) is 4. The second-order valence-corrected chi connectivity index (χ2v) is 6.82. The molecule has 0 amide bonds. The summed E-state index contributed by atoms with van der Waals surface area (Å²) < 4.78 is 8.28. The summed E-state index contributed by atoms with van der Waals surface area (Å²) in [6.45, 7) is 9.64. The molecule has 0 saturated carbocycles. The maximum absolute atomic E-state index is 12.8. The lowest BCUT2D eigenvalue weighted by Gasteiger charge is -2.22. The Morgan fingerprint density at radius 1 is 1.17 bits per heavy atom. The van der Waals surface area contributed by atoms with E-state index in [9.17, 15) is 14.4 Å². The summed E-state index contributed by atoms with van der Waals surface area (Å²) in [5, 5.41) is 0. The minimum Gasteiger partial charge on any atom is -0.466 e. The molecular weight excluding hydrogens is 376 g/mol. The number of carbonyl (C=O) groups excluding carboxylic acids is 1. The van der Waals surface area contributed by atoms with Crippen molar-refractivity contribution in [2.45, 2.75) is 72.4 Å². The van der Waals surface area contributed by atoms with Gasteiger partial charge in [0.05, 0.1) is 6.61 Å². The second kappa shape index (κ2) is 9.20. The van der Waals surface area contributed by atoms with E-state index in [1.165, 1.54) is 4.57 Å². The molecule has 0 bridgehead atoms. The topological polar surface area (TPSA) is 70.3 Å². The van der Waals surface area contributed by atoms with E-state index in [0.717, 1.165) is 0 Å². The molecule has 1 rings (SSSR count). The Morgan fingerprint density at radius 3 is 2.33 bits per heavy atom. The molecule has 6 nitrogen and oxygen atoms in total.